The van der Waals surface area contributed by atoms with Gasteiger partial charge in [-0.25, -0.2) is 14.7 Å². The molecular formula is C21H26N6O. The number of benzene rings is 1. The monoisotopic (exact) mass is 378 g/mol. The quantitative estimate of drug-likeness (QED) is 0.340. The number of rotatable bonds is 9. The van der Waals surface area contributed by atoms with Gasteiger partial charge in [-0.2, -0.15) is 5.10 Å². The summed E-state index contributed by atoms with van der Waals surface area (Å²) in [5.74, 6) is 2.47. The third-order valence-electron chi connectivity index (χ3n) is 3.94. The van der Waals surface area contributed by atoms with Gasteiger partial charge in [0.15, 0.2) is 11.8 Å². The van der Waals surface area contributed by atoms with Crippen molar-refractivity contribution in [1.29, 1.82) is 0 Å². The van der Waals surface area contributed by atoms with E-state index in [4.69, 9.17) is 4.74 Å². The Hall–Kier alpha value is -3.35. The zero-order valence-electron chi connectivity index (χ0n) is 16.1. The van der Waals surface area contributed by atoms with Gasteiger partial charge in [-0.3, -0.25) is 0 Å². The molecule has 0 aliphatic heterocycles. The molecule has 0 saturated carbocycles. The molecule has 146 valence electrons. The molecule has 2 heterocycles. The molecule has 7 heteroatoms. The average Bonchev–Trinajstić information content (AvgIpc) is 3.28. The number of hydrogen-bond acceptors (Lipinski definition) is 4. The molecule has 2 N–H and O–H groups in total. The summed E-state index contributed by atoms with van der Waals surface area (Å²) in [5.41, 5.74) is 1.07. The first-order valence-corrected chi connectivity index (χ1v) is 9.50. The van der Waals surface area contributed by atoms with Crippen LogP contribution in [0.15, 0.2) is 72.1 Å². The predicted octanol–water partition coefficient (Wildman–Crippen LogP) is 2.79. The normalized spacial score (nSPS) is 11.2. The molecule has 0 amide bonds. The number of pyridine rings is 1. The second kappa shape index (κ2) is 10.7. The van der Waals surface area contributed by atoms with Crippen molar-refractivity contribution in [2.75, 3.05) is 19.7 Å². The van der Waals surface area contributed by atoms with E-state index < -0.39 is 0 Å². The van der Waals surface area contributed by atoms with Crippen LogP contribution in [0.1, 0.15) is 18.9 Å². The molecule has 0 atom stereocenters. The minimum absolute atomic E-state index is 0.562. The first kappa shape index (κ1) is 19.4. The zero-order chi connectivity index (χ0) is 19.4. The Morgan fingerprint density at radius 1 is 1.11 bits per heavy atom. The second-order valence-electron chi connectivity index (χ2n) is 6.11. The lowest BCUT2D eigenvalue weighted by atomic mass is 10.2. The molecular weight excluding hydrogens is 352 g/mol. The van der Waals surface area contributed by atoms with Crippen LogP contribution in [0.2, 0.25) is 0 Å². The molecule has 0 aliphatic carbocycles. The second-order valence-corrected chi connectivity index (χ2v) is 6.11. The minimum atomic E-state index is 0.562. The number of aromatic nitrogens is 3. The Morgan fingerprint density at radius 3 is 2.79 bits per heavy atom. The van der Waals surface area contributed by atoms with Crippen LogP contribution in [-0.4, -0.2) is 40.4 Å². The van der Waals surface area contributed by atoms with E-state index in [2.05, 4.69) is 32.6 Å². The average molecular weight is 378 g/mol. The molecule has 28 heavy (non-hydrogen) atoms. The van der Waals surface area contributed by atoms with Crippen LogP contribution >= 0.6 is 0 Å². The lowest BCUT2D eigenvalue weighted by molar-refractivity contribution is 0.311. The topological polar surface area (TPSA) is 76.4 Å². The molecule has 2 aromatic heterocycles. The molecule has 7 nitrogen and oxygen atoms in total. The molecule has 0 spiro atoms. The summed E-state index contributed by atoms with van der Waals surface area (Å²) in [6, 6.07) is 15.7. The number of guanidine groups is 1. The van der Waals surface area contributed by atoms with Gasteiger partial charge in [-0.05, 0) is 49.2 Å². The van der Waals surface area contributed by atoms with Gasteiger partial charge in [0.25, 0.3) is 0 Å². The van der Waals surface area contributed by atoms with Gasteiger partial charge in [-0.1, -0.05) is 18.2 Å². The highest BCUT2D eigenvalue weighted by Gasteiger charge is 2.01. The third kappa shape index (κ3) is 6.12. The van der Waals surface area contributed by atoms with Crippen LogP contribution < -0.4 is 15.4 Å². The number of nitrogens with one attached hydrogen (secondary N) is 2. The summed E-state index contributed by atoms with van der Waals surface area (Å²) in [4.78, 5) is 9.01. The van der Waals surface area contributed by atoms with Crippen molar-refractivity contribution in [2.45, 2.75) is 19.9 Å². The molecule has 0 saturated heterocycles. The number of aliphatic imine (C=N–C) groups is 1. The Labute approximate surface area is 165 Å². The Kier molecular flexibility index (Phi) is 7.43. The molecule has 1 aromatic carbocycles. The van der Waals surface area contributed by atoms with Crippen molar-refractivity contribution in [3.05, 3.63) is 72.7 Å². The molecule has 0 radical (unpaired) electrons. The summed E-state index contributed by atoms with van der Waals surface area (Å²) in [7, 11) is 0. The first-order chi connectivity index (χ1) is 13.8. The number of para-hydroxylation sites is 1. The third-order valence-corrected chi connectivity index (χ3v) is 3.94. The number of nitrogens with zero attached hydrogens (tertiary/aromatic N) is 4. The van der Waals surface area contributed by atoms with Gasteiger partial charge in [0.05, 0.1) is 13.2 Å². The van der Waals surface area contributed by atoms with E-state index in [-0.39, 0.29) is 0 Å². The predicted molar refractivity (Wildman–Crippen MR) is 111 cm³/mol. The summed E-state index contributed by atoms with van der Waals surface area (Å²) in [6.07, 6.45) is 6.28. The summed E-state index contributed by atoms with van der Waals surface area (Å²) in [5, 5.41) is 10.8. The van der Waals surface area contributed by atoms with Gasteiger partial charge >= 0.3 is 0 Å². The number of ether oxygens (including phenoxy) is 1. The molecule has 0 unspecified atom stereocenters. The Bertz CT molecular complexity index is 848. The SMILES string of the molecule is CCNC(=NCc1ccnc(-n2cccn2)c1)NCCCOc1ccccc1. The van der Waals surface area contributed by atoms with Gasteiger partial charge < -0.3 is 15.4 Å². The molecule has 3 aromatic rings. The Balaban J connectivity index is 1.48. The maximum atomic E-state index is 5.71. The summed E-state index contributed by atoms with van der Waals surface area (Å²) in [6.45, 7) is 4.87. The van der Waals surface area contributed by atoms with E-state index in [1.54, 1.807) is 17.1 Å². The lowest BCUT2D eigenvalue weighted by Gasteiger charge is -2.12. The summed E-state index contributed by atoms with van der Waals surface area (Å²) >= 11 is 0. The van der Waals surface area contributed by atoms with E-state index in [9.17, 15) is 0 Å². The van der Waals surface area contributed by atoms with E-state index >= 15 is 0 Å². The Morgan fingerprint density at radius 2 is 2.00 bits per heavy atom. The fourth-order valence-electron chi connectivity index (χ4n) is 2.59. The highest BCUT2D eigenvalue weighted by molar-refractivity contribution is 5.79. The van der Waals surface area contributed by atoms with E-state index in [0.29, 0.717) is 13.2 Å². The zero-order valence-corrected chi connectivity index (χ0v) is 16.1. The van der Waals surface area contributed by atoms with Crippen molar-refractivity contribution >= 4 is 5.96 Å². The van der Waals surface area contributed by atoms with Crippen LogP contribution in [0, 0.1) is 0 Å². The van der Waals surface area contributed by atoms with E-state index in [0.717, 1.165) is 42.6 Å². The van der Waals surface area contributed by atoms with E-state index in [1.807, 2.05) is 54.7 Å². The van der Waals surface area contributed by atoms with Crippen molar-refractivity contribution in [1.82, 2.24) is 25.4 Å². The lowest BCUT2D eigenvalue weighted by Crippen LogP contribution is -2.38. The fraction of sp³-hybridized carbons (Fsp3) is 0.286. The van der Waals surface area contributed by atoms with Crippen LogP contribution in [0.4, 0.5) is 0 Å². The first-order valence-electron chi connectivity index (χ1n) is 9.50. The standard InChI is InChI=1S/C21H26N6O/c1-2-22-21(24-11-7-15-28-19-8-4-3-5-9-19)25-17-18-10-13-23-20(16-18)27-14-6-12-26-27/h3-6,8-10,12-14,16H,2,7,11,15,17H2,1H3,(H2,22,24,25). The highest BCUT2D eigenvalue weighted by atomic mass is 16.5. The van der Waals surface area contributed by atoms with Crippen LogP contribution in [0.25, 0.3) is 5.82 Å². The van der Waals surface area contributed by atoms with Crippen molar-refractivity contribution in [3.63, 3.8) is 0 Å². The van der Waals surface area contributed by atoms with Crippen LogP contribution in [0.5, 0.6) is 5.75 Å². The summed E-state index contributed by atoms with van der Waals surface area (Å²) < 4.78 is 7.45. The van der Waals surface area contributed by atoms with Crippen molar-refractivity contribution in [3.8, 4) is 11.6 Å². The molecule has 0 aliphatic rings. The molecule has 0 fully saturated rings. The van der Waals surface area contributed by atoms with Crippen LogP contribution in [-0.2, 0) is 6.54 Å². The van der Waals surface area contributed by atoms with Gasteiger partial charge in [0.1, 0.15) is 5.75 Å². The maximum Gasteiger partial charge on any atom is 0.191 e. The van der Waals surface area contributed by atoms with Gasteiger partial charge in [0, 0.05) is 31.7 Å². The van der Waals surface area contributed by atoms with E-state index in [1.165, 1.54) is 0 Å². The smallest absolute Gasteiger partial charge is 0.191 e. The van der Waals surface area contributed by atoms with Crippen molar-refractivity contribution in [2.24, 2.45) is 4.99 Å². The maximum absolute atomic E-state index is 5.71. The highest BCUT2D eigenvalue weighted by Crippen LogP contribution is 2.08. The largest absolute Gasteiger partial charge is 0.494 e. The van der Waals surface area contributed by atoms with Gasteiger partial charge in [0.2, 0.25) is 0 Å². The minimum Gasteiger partial charge on any atom is -0.494 e. The number of hydrogen-bond donors (Lipinski definition) is 2. The van der Waals surface area contributed by atoms with Gasteiger partial charge in [-0.15, -0.1) is 0 Å². The molecule has 3 rings (SSSR count). The fourth-order valence-corrected chi connectivity index (χ4v) is 2.59. The van der Waals surface area contributed by atoms with Crippen LogP contribution in [0.3, 0.4) is 0 Å². The molecule has 0 bridgehead atoms. The van der Waals surface area contributed by atoms with Crippen molar-refractivity contribution < 1.29 is 4.74 Å².